The number of hydrogen-bond donors (Lipinski definition) is 1. The molecule has 2 rings (SSSR count). The van der Waals surface area contributed by atoms with Gasteiger partial charge in [-0.1, -0.05) is 12.1 Å². The molecule has 2 aromatic carbocycles. The number of ketones is 1. The Hall–Kier alpha value is -2.69. The van der Waals surface area contributed by atoms with Crippen molar-refractivity contribution in [3.05, 3.63) is 65.0 Å². The zero-order chi connectivity index (χ0) is 15.4. The molecule has 5 heteroatoms. The molecule has 0 unspecified atom stereocenters. The van der Waals surface area contributed by atoms with Crippen LogP contribution in [-0.4, -0.2) is 16.9 Å². The van der Waals surface area contributed by atoms with Crippen LogP contribution in [0.2, 0.25) is 0 Å². The predicted molar refractivity (Wildman–Crippen MR) is 74.1 cm³/mol. The fourth-order valence-corrected chi connectivity index (χ4v) is 1.81. The maximum atomic E-state index is 13.2. The van der Waals surface area contributed by atoms with Crippen LogP contribution in [0.1, 0.15) is 33.2 Å². The summed E-state index contributed by atoms with van der Waals surface area (Å²) < 4.78 is 18.7. The molecule has 2 aromatic rings. The Morgan fingerprint density at radius 2 is 1.81 bits per heavy atom. The van der Waals surface area contributed by atoms with Crippen molar-refractivity contribution in [1.82, 2.24) is 0 Å². The summed E-state index contributed by atoms with van der Waals surface area (Å²) >= 11 is 0. The SMILES string of the molecule is CC(=O)c1ccc(F)cc1OCc1ccc(C(=O)O)cc1. The van der Waals surface area contributed by atoms with Gasteiger partial charge in [0.1, 0.15) is 18.2 Å². The fraction of sp³-hybridized carbons (Fsp3) is 0.125. The van der Waals surface area contributed by atoms with Crippen LogP contribution >= 0.6 is 0 Å². The van der Waals surface area contributed by atoms with Crippen LogP contribution in [0.15, 0.2) is 42.5 Å². The van der Waals surface area contributed by atoms with Crippen LogP contribution in [-0.2, 0) is 6.61 Å². The number of carbonyl (C=O) groups excluding carboxylic acids is 1. The van der Waals surface area contributed by atoms with Crippen LogP contribution in [0.3, 0.4) is 0 Å². The number of hydrogen-bond acceptors (Lipinski definition) is 3. The van der Waals surface area contributed by atoms with Crippen molar-refractivity contribution in [3.63, 3.8) is 0 Å². The van der Waals surface area contributed by atoms with Crippen molar-refractivity contribution in [1.29, 1.82) is 0 Å². The maximum absolute atomic E-state index is 13.2. The second-order valence-electron chi connectivity index (χ2n) is 4.49. The Kier molecular flexibility index (Phi) is 4.33. The third kappa shape index (κ3) is 3.66. The average molecular weight is 288 g/mol. The lowest BCUT2D eigenvalue weighted by atomic mass is 10.1. The van der Waals surface area contributed by atoms with Gasteiger partial charge in [-0.15, -0.1) is 0 Å². The summed E-state index contributed by atoms with van der Waals surface area (Å²) in [4.78, 5) is 22.2. The molecule has 0 atom stereocenters. The number of ether oxygens (including phenoxy) is 1. The van der Waals surface area contributed by atoms with Crippen molar-refractivity contribution in [3.8, 4) is 5.75 Å². The molecule has 0 aliphatic carbocycles. The summed E-state index contributed by atoms with van der Waals surface area (Å²) in [5.74, 6) is -1.54. The molecule has 0 saturated heterocycles. The molecule has 0 heterocycles. The lowest BCUT2D eigenvalue weighted by Crippen LogP contribution is -2.03. The van der Waals surface area contributed by atoms with Crippen molar-refractivity contribution in [2.24, 2.45) is 0 Å². The standard InChI is InChI=1S/C16H13FO4/c1-10(18)14-7-6-13(17)8-15(14)21-9-11-2-4-12(5-3-11)16(19)20/h2-8H,9H2,1H3,(H,19,20). The quantitative estimate of drug-likeness (QED) is 0.857. The lowest BCUT2D eigenvalue weighted by molar-refractivity contribution is 0.0696. The van der Waals surface area contributed by atoms with E-state index in [2.05, 4.69) is 0 Å². The Bertz CT molecular complexity index is 677. The van der Waals surface area contributed by atoms with E-state index in [0.29, 0.717) is 5.56 Å². The number of Topliss-reactive ketones (excluding diaryl/α,β-unsaturated/α-hetero) is 1. The van der Waals surface area contributed by atoms with Gasteiger partial charge < -0.3 is 9.84 Å². The third-order valence-corrected chi connectivity index (χ3v) is 2.92. The molecular weight excluding hydrogens is 275 g/mol. The smallest absolute Gasteiger partial charge is 0.335 e. The third-order valence-electron chi connectivity index (χ3n) is 2.92. The average Bonchev–Trinajstić information content (AvgIpc) is 2.45. The minimum Gasteiger partial charge on any atom is -0.488 e. The van der Waals surface area contributed by atoms with E-state index in [0.717, 1.165) is 11.6 Å². The van der Waals surface area contributed by atoms with E-state index in [9.17, 15) is 14.0 Å². The maximum Gasteiger partial charge on any atom is 0.335 e. The second kappa shape index (κ2) is 6.17. The zero-order valence-electron chi connectivity index (χ0n) is 11.3. The molecule has 0 radical (unpaired) electrons. The molecule has 0 spiro atoms. The second-order valence-corrected chi connectivity index (χ2v) is 4.49. The summed E-state index contributed by atoms with van der Waals surface area (Å²) in [6.07, 6.45) is 0. The highest BCUT2D eigenvalue weighted by Gasteiger charge is 2.10. The van der Waals surface area contributed by atoms with Gasteiger partial charge in [0.25, 0.3) is 0 Å². The summed E-state index contributed by atoms with van der Waals surface area (Å²) in [7, 11) is 0. The summed E-state index contributed by atoms with van der Waals surface area (Å²) in [6, 6.07) is 9.86. The predicted octanol–water partition coefficient (Wildman–Crippen LogP) is 3.31. The number of carbonyl (C=O) groups is 2. The minimum atomic E-state index is -1.01. The van der Waals surface area contributed by atoms with Crippen LogP contribution in [0, 0.1) is 5.82 Å². The van der Waals surface area contributed by atoms with Crippen LogP contribution < -0.4 is 4.74 Å². The van der Waals surface area contributed by atoms with Gasteiger partial charge in [-0.05, 0) is 36.8 Å². The molecule has 4 nitrogen and oxygen atoms in total. The number of rotatable bonds is 5. The molecule has 1 N–H and O–H groups in total. The molecule has 0 fully saturated rings. The van der Waals surface area contributed by atoms with E-state index in [1.165, 1.54) is 31.2 Å². The summed E-state index contributed by atoms with van der Waals surface area (Å²) in [5.41, 5.74) is 1.20. The van der Waals surface area contributed by atoms with Crippen molar-refractivity contribution in [2.75, 3.05) is 0 Å². The molecule has 21 heavy (non-hydrogen) atoms. The van der Waals surface area contributed by atoms with E-state index in [1.54, 1.807) is 12.1 Å². The van der Waals surface area contributed by atoms with Gasteiger partial charge in [0.2, 0.25) is 0 Å². The first-order chi connectivity index (χ1) is 9.97. The van der Waals surface area contributed by atoms with E-state index in [4.69, 9.17) is 9.84 Å². The number of carboxylic acids is 1. The Balaban J connectivity index is 2.14. The molecule has 0 saturated carbocycles. The molecule has 0 amide bonds. The Morgan fingerprint density at radius 1 is 1.14 bits per heavy atom. The molecule has 108 valence electrons. The number of halogens is 1. The van der Waals surface area contributed by atoms with Crippen molar-refractivity contribution < 1.29 is 23.8 Å². The van der Waals surface area contributed by atoms with Gasteiger partial charge in [-0.2, -0.15) is 0 Å². The number of aromatic carboxylic acids is 1. The Labute approximate surface area is 120 Å². The topological polar surface area (TPSA) is 63.6 Å². The first-order valence-corrected chi connectivity index (χ1v) is 6.23. The van der Waals surface area contributed by atoms with Crippen molar-refractivity contribution in [2.45, 2.75) is 13.5 Å². The van der Waals surface area contributed by atoms with Gasteiger partial charge in [-0.3, -0.25) is 4.79 Å². The van der Waals surface area contributed by atoms with E-state index in [-0.39, 0.29) is 23.7 Å². The monoisotopic (exact) mass is 288 g/mol. The van der Waals surface area contributed by atoms with Crippen LogP contribution in [0.25, 0.3) is 0 Å². The van der Waals surface area contributed by atoms with E-state index in [1.807, 2.05) is 0 Å². The van der Waals surface area contributed by atoms with Gasteiger partial charge in [0, 0.05) is 6.07 Å². The van der Waals surface area contributed by atoms with Crippen LogP contribution in [0.5, 0.6) is 5.75 Å². The first-order valence-electron chi connectivity index (χ1n) is 6.23. The highest BCUT2D eigenvalue weighted by atomic mass is 19.1. The van der Waals surface area contributed by atoms with Gasteiger partial charge in [-0.25, -0.2) is 9.18 Å². The number of benzene rings is 2. The molecule has 0 aromatic heterocycles. The summed E-state index contributed by atoms with van der Waals surface area (Å²) in [5, 5.41) is 8.80. The molecule has 0 aliphatic heterocycles. The van der Waals surface area contributed by atoms with Gasteiger partial charge in [0.05, 0.1) is 11.1 Å². The number of carboxylic acid groups (broad SMARTS) is 1. The van der Waals surface area contributed by atoms with E-state index >= 15 is 0 Å². The molecular formula is C16H13FO4. The van der Waals surface area contributed by atoms with Gasteiger partial charge in [0.15, 0.2) is 5.78 Å². The first kappa shape index (κ1) is 14.7. The highest BCUT2D eigenvalue weighted by Crippen LogP contribution is 2.21. The highest BCUT2D eigenvalue weighted by molar-refractivity contribution is 5.96. The minimum absolute atomic E-state index is 0.115. The van der Waals surface area contributed by atoms with Gasteiger partial charge >= 0.3 is 5.97 Å². The van der Waals surface area contributed by atoms with Crippen molar-refractivity contribution >= 4 is 11.8 Å². The van der Waals surface area contributed by atoms with E-state index < -0.39 is 11.8 Å². The fourth-order valence-electron chi connectivity index (χ4n) is 1.81. The molecule has 0 bridgehead atoms. The summed E-state index contributed by atoms with van der Waals surface area (Å²) in [6.45, 7) is 1.49. The largest absolute Gasteiger partial charge is 0.488 e. The van der Waals surface area contributed by atoms with Crippen LogP contribution in [0.4, 0.5) is 4.39 Å². The lowest BCUT2D eigenvalue weighted by Gasteiger charge is -2.10. The Morgan fingerprint density at radius 3 is 2.38 bits per heavy atom. The molecule has 0 aliphatic rings. The normalized spacial score (nSPS) is 10.2. The zero-order valence-corrected chi connectivity index (χ0v) is 11.3.